The molecule has 5 rings (SSSR count). The van der Waals surface area contributed by atoms with Crippen molar-refractivity contribution >= 4 is 63.1 Å². The molecule has 11 heteroatoms. The Labute approximate surface area is 227 Å². The third-order valence-electron chi connectivity index (χ3n) is 6.39. The number of nitrogens with zero attached hydrogens (tertiary/aromatic N) is 3. The fourth-order valence-electron chi connectivity index (χ4n) is 4.48. The summed E-state index contributed by atoms with van der Waals surface area (Å²) in [5, 5.41) is 8.89. The van der Waals surface area contributed by atoms with E-state index in [1.807, 2.05) is 18.2 Å². The van der Waals surface area contributed by atoms with Crippen LogP contribution in [0.15, 0.2) is 40.9 Å². The third kappa shape index (κ3) is 5.38. The molecule has 190 valence electrons. The van der Waals surface area contributed by atoms with Gasteiger partial charge in [-0.25, -0.2) is 4.79 Å². The number of halogens is 3. The van der Waals surface area contributed by atoms with Crippen molar-refractivity contribution in [3.8, 4) is 16.5 Å². The number of carbonyl (C=O) groups is 1. The lowest BCUT2D eigenvalue weighted by Crippen LogP contribution is -2.47. The van der Waals surface area contributed by atoms with Crippen molar-refractivity contribution in [3.05, 3.63) is 56.5 Å². The summed E-state index contributed by atoms with van der Waals surface area (Å²) in [6.45, 7) is 6.52. The first-order valence-corrected chi connectivity index (χ1v) is 13.6. The van der Waals surface area contributed by atoms with Crippen LogP contribution in [0.5, 0.6) is 5.88 Å². The van der Waals surface area contributed by atoms with Gasteiger partial charge in [0, 0.05) is 42.7 Å². The number of hydrogen-bond donors (Lipinski definition) is 1. The van der Waals surface area contributed by atoms with E-state index in [-0.39, 0.29) is 12.6 Å². The van der Waals surface area contributed by atoms with Crippen molar-refractivity contribution in [3.63, 3.8) is 0 Å². The van der Waals surface area contributed by atoms with Crippen LogP contribution in [0.3, 0.4) is 0 Å². The van der Waals surface area contributed by atoms with E-state index < -0.39 is 6.09 Å². The minimum atomic E-state index is -0.511. The van der Waals surface area contributed by atoms with Crippen molar-refractivity contribution in [1.82, 2.24) is 19.9 Å². The number of benzene rings is 1. The normalized spacial score (nSPS) is 15.2. The summed E-state index contributed by atoms with van der Waals surface area (Å²) in [6, 6.07) is 11.2. The predicted molar refractivity (Wildman–Crippen MR) is 145 cm³/mol. The number of rotatable bonds is 6. The van der Waals surface area contributed by atoms with Crippen molar-refractivity contribution in [2.24, 2.45) is 0 Å². The molecule has 0 aliphatic carbocycles. The van der Waals surface area contributed by atoms with Gasteiger partial charge in [-0.2, -0.15) is 0 Å². The molecule has 36 heavy (non-hydrogen) atoms. The van der Waals surface area contributed by atoms with Gasteiger partial charge in [0.15, 0.2) is 5.76 Å². The summed E-state index contributed by atoms with van der Waals surface area (Å²) in [5.41, 5.74) is 1.29. The molecule has 0 bridgehead atoms. The van der Waals surface area contributed by atoms with Gasteiger partial charge in [-0.1, -0.05) is 40.0 Å². The van der Waals surface area contributed by atoms with E-state index in [9.17, 15) is 4.79 Å². The molecule has 4 aromatic rings. The molecule has 1 saturated heterocycles. The molecule has 1 aromatic carbocycles. The van der Waals surface area contributed by atoms with Crippen LogP contribution in [-0.4, -0.2) is 45.9 Å². The molecule has 3 aromatic heterocycles. The quantitative estimate of drug-likeness (QED) is 0.264. The zero-order chi connectivity index (χ0) is 25.4. The molecule has 1 fully saturated rings. The lowest BCUT2D eigenvalue weighted by Gasteiger charge is -2.34. The lowest BCUT2D eigenvalue weighted by molar-refractivity contribution is 0.151. The lowest BCUT2D eigenvalue weighted by atomic mass is 10.0. The second-order valence-corrected chi connectivity index (χ2v) is 11.6. The van der Waals surface area contributed by atoms with Crippen LogP contribution >= 0.6 is 46.1 Å². The Morgan fingerprint density at radius 1 is 1.17 bits per heavy atom. The SMILES string of the molecule is CC(C)N1CCC(NC(=O)Oc2cc3c(Cl)ccc(Cl)c3n2Cc2cc(-c3ccc(Cl)s3)on2)CC1. The molecule has 0 unspecified atom stereocenters. The molecule has 0 radical (unpaired) electrons. The van der Waals surface area contributed by atoms with Crippen molar-refractivity contribution < 1.29 is 14.1 Å². The fraction of sp³-hybridized carbons (Fsp3) is 0.360. The average molecular weight is 568 g/mol. The van der Waals surface area contributed by atoms with Crippen LogP contribution in [0.25, 0.3) is 21.5 Å². The minimum Gasteiger partial charge on any atom is -0.393 e. The van der Waals surface area contributed by atoms with E-state index in [4.69, 9.17) is 44.1 Å². The maximum absolute atomic E-state index is 12.9. The monoisotopic (exact) mass is 566 g/mol. The maximum Gasteiger partial charge on any atom is 0.414 e. The van der Waals surface area contributed by atoms with Gasteiger partial charge < -0.3 is 24.0 Å². The molecule has 7 nitrogen and oxygen atoms in total. The molecule has 0 saturated carbocycles. The number of aromatic nitrogens is 2. The molecular weight excluding hydrogens is 543 g/mol. The van der Waals surface area contributed by atoms with Crippen molar-refractivity contribution in [1.29, 1.82) is 0 Å². The van der Waals surface area contributed by atoms with Gasteiger partial charge in [0.05, 0.1) is 31.3 Å². The van der Waals surface area contributed by atoms with Crippen LogP contribution in [0.4, 0.5) is 4.79 Å². The van der Waals surface area contributed by atoms with Gasteiger partial charge in [0.2, 0.25) is 5.88 Å². The summed E-state index contributed by atoms with van der Waals surface area (Å²) in [4.78, 5) is 16.1. The zero-order valence-corrected chi connectivity index (χ0v) is 22.8. The van der Waals surface area contributed by atoms with Gasteiger partial charge in [0.25, 0.3) is 0 Å². The number of hydrogen-bond acceptors (Lipinski definition) is 6. The van der Waals surface area contributed by atoms with Gasteiger partial charge in [-0.05, 0) is 51.0 Å². The zero-order valence-electron chi connectivity index (χ0n) is 19.8. The highest BCUT2D eigenvalue weighted by Crippen LogP contribution is 2.37. The Morgan fingerprint density at radius 3 is 2.61 bits per heavy atom. The summed E-state index contributed by atoms with van der Waals surface area (Å²) < 4.78 is 13.8. The smallest absolute Gasteiger partial charge is 0.393 e. The van der Waals surface area contributed by atoms with Crippen molar-refractivity contribution in [2.45, 2.75) is 45.3 Å². The summed E-state index contributed by atoms with van der Waals surface area (Å²) >= 11 is 20.5. The van der Waals surface area contributed by atoms with Gasteiger partial charge in [0.1, 0.15) is 5.69 Å². The number of ether oxygens (including phenoxy) is 1. The van der Waals surface area contributed by atoms with Crippen molar-refractivity contribution in [2.75, 3.05) is 13.1 Å². The number of thiophene rings is 1. The maximum atomic E-state index is 12.9. The standard InChI is InChI=1S/C25H25Cl3N4O3S/c1-14(2)31-9-7-15(8-10-31)29-25(33)34-23-12-17-18(26)3-4-19(27)24(17)32(23)13-16-11-20(35-30-16)21-5-6-22(28)36-21/h3-6,11-12,14-15H,7-10,13H2,1-2H3,(H,29,33). The first-order valence-electron chi connectivity index (χ1n) is 11.7. The fourth-order valence-corrected chi connectivity index (χ4v) is 5.95. The van der Waals surface area contributed by atoms with Crippen LogP contribution in [0, 0.1) is 0 Å². The van der Waals surface area contributed by atoms with Gasteiger partial charge >= 0.3 is 6.09 Å². The third-order valence-corrected chi connectivity index (χ3v) is 8.27. The van der Waals surface area contributed by atoms with Gasteiger partial charge in [-0.15, -0.1) is 11.3 Å². The van der Waals surface area contributed by atoms with Crippen LogP contribution in [-0.2, 0) is 6.54 Å². The first kappa shape index (κ1) is 25.4. The van der Waals surface area contributed by atoms with Crippen LogP contribution in [0.1, 0.15) is 32.4 Å². The minimum absolute atomic E-state index is 0.0632. The number of likely N-dealkylation sites (tertiary alicyclic amines) is 1. The number of fused-ring (bicyclic) bond motifs is 1. The highest BCUT2D eigenvalue weighted by atomic mass is 35.5. The largest absolute Gasteiger partial charge is 0.414 e. The Morgan fingerprint density at radius 2 is 1.92 bits per heavy atom. The van der Waals surface area contributed by atoms with E-state index in [1.165, 1.54) is 11.3 Å². The molecule has 1 aliphatic heterocycles. The van der Waals surface area contributed by atoms with Crippen LogP contribution < -0.4 is 10.1 Å². The number of piperidine rings is 1. The Kier molecular flexibility index (Phi) is 7.51. The molecule has 0 spiro atoms. The first-order chi connectivity index (χ1) is 17.3. The number of carbonyl (C=O) groups excluding carboxylic acids is 1. The van der Waals surface area contributed by atoms with E-state index in [0.717, 1.165) is 30.8 Å². The van der Waals surface area contributed by atoms with E-state index in [0.29, 0.717) is 48.7 Å². The summed E-state index contributed by atoms with van der Waals surface area (Å²) in [6.07, 6.45) is 1.24. The van der Waals surface area contributed by atoms with Crippen LogP contribution in [0.2, 0.25) is 14.4 Å². The topological polar surface area (TPSA) is 72.5 Å². The van der Waals surface area contributed by atoms with E-state index >= 15 is 0 Å². The number of nitrogens with one attached hydrogen (secondary N) is 1. The Hall–Kier alpha value is -2.23. The molecule has 0 atom stereocenters. The Bertz CT molecular complexity index is 1390. The summed E-state index contributed by atoms with van der Waals surface area (Å²) in [7, 11) is 0. The second-order valence-electron chi connectivity index (χ2n) is 9.08. The van der Waals surface area contributed by atoms with E-state index in [2.05, 4.69) is 29.2 Å². The average Bonchev–Trinajstić information content (AvgIpc) is 3.57. The number of amides is 1. The van der Waals surface area contributed by atoms with Gasteiger partial charge in [-0.3, -0.25) is 0 Å². The molecule has 1 N–H and O–H groups in total. The molecule has 4 heterocycles. The summed E-state index contributed by atoms with van der Waals surface area (Å²) in [5.74, 6) is 0.927. The molecular formula is C25H25Cl3N4O3S. The Balaban J connectivity index is 1.38. The molecule has 1 aliphatic rings. The highest BCUT2D eigenvalue weighted by Gasteiger charge is 2.24. The predicted octanol–water partition coefficient (Wildman–Crippen LogP) is 7.33. The van der Waals surface area contributed by atoms with E-state index in [1.54, 1.807) is 22.8 Å². The second kappa shape index (κ2) is 10.6. The highest BCUT2D eigenvalue weighted by molar-refractivity contribution is 7.19. The molecule has 1 amide bonds.